The maximum Gasteiger partial charge on any atom is 0.339 e. The molecule has 8 nitrogen and oxygen atoms in total. The van der Waals surface area contributed by atoms with Crippen LogP contribution < -0.4 is 24.4 Å². The minimum Gasteiger partial charge on any atom is -0.493 e. The first-order chi connectivity index (χ1) is 21.9. The van der Waals surface area contributed by atoms with Gasteiger partial charge >= 0.3 is 5.97 Å². The lowest BCUT2D eigenvalue weighted by Crippen LogP contribution is -2.38. The summed E-state index contributed by atoms with van der Waals surface area (Å²) in [4.78, 5) is 32.0. The Morgan fingerprint density at radius 1 is 1.00 bits per heavy atom. The van der Waals surface area contributed by atoms with Crippen molar-refractivity contribution in [3.05, 3.63) is 131 Å². The van der Waals surface area contributed by atoms with Gasteiger partial charge in [0.1, 0.15) is 11.5 Å². The van der Waals surface area contributed by atoms with Crippen LogP contribution in [0.2, 0.25) is 5.02 Å². The van der Waals surface area contributed by atoms with Crippen molar-refractivity contribution in [3.8, 4) is 22.8 Å². The number of esters is 1. The quantitative estimate of drug-likeness (QED) is 0.211. The Balaban J connectivity index is 1.37. The number of carbonyl (C=O) groups excluding carboxylic acids is 1. The number of rotatable bonds is 6. The molecule has 0 saturated heterocycles. The number of allylic oxidation sites excluding steroid dienone is 1. The molecule has 10 heteroatoms. The third-order valence-corrected chi connectivity index (χ3v) is 9.47. The monoisotopic (exact) mass is 638 g/mol. The highest BCUT2D eigenvalue weighted by atomic mass is 35.5. The molecule has 0 N–H and O–H groups in total. The summed E-state index contributed by atoms with van der Waals surface area (Å²) in [6.45, 7) is 0. The number of thiazole rings is 1. The van der Waals surface area contributed by atoms with Crippen LogP contribution in [-0.2, 0) is 11.2 Å². The number of aryl methyl sites for hydroxylation is 1. The number of furan rings is 1. The topological polar surface area (TPSA) is 92.3 Å². The fourth-order valence-corrected chi connectivity index (χ4v) is 7.18. The molecule has 7 rings (SSSR count). The van der Waals surface area contributed by atoms with Crippen LogP contribution >= 0.6 is 22.9 Å². The predicted octanol–water partition coefficient (Wildman–Crippen LogP) is 6.04. The molecule has 1 aliphatic carbocycles. The van der Waals surface area contributed by atoms with Gasteiger partial charge in [-0.3, -0.25) is 9.36 Å². The van der Waals surface area contributed by atoms with Gasteiger partial charge in [0.15, 0.2) is 16.3 Å². The van der Waals surface area contributed by atoms with Crippen molar-refractivity contribution in [1.29, 1.82) is 0 Å². The fraction of sp³-hybridized carbons (Fsp3) is 0.171. The van der Waals surface area contributed by atoms with Crippen molar-refractivity contribution < 1.29 is 23.4 Å². The summed E-state index contributed by atoms with van der Waals surface area (Å²) in [6.07, 6.45) is 3.36. The maximum absolute atomic E-state index is 14.2. The lowest BCUT2D eigenvalue weighted by Gasteiger charge is -2.31. The van der Waals surface area contributed by atoms with E-state index in [1.54, 1.807) is 55.2 Å². The largest absolute Gasteiger partial charge is 0.493 e. The van der Waals surface area contributed by atoms with E-state index in [4.69, 9.17) is 35.2 Å². The van der Waals surface area contributed by atoms with Crippen LogP contribution in [0, 0.1) is 0 Å². The fourth-order valence-electron chi connectivity index (χ4n) is 6.00. The van der Waals surface area contributed by atoms with Gasteiger partial charge in [-0.2, -0.15) is 0 Å². The highest BCUT2D eigenvalue weighted by molar-refractivity contribution is 7.07. The van der Waals surface area contributed by atoms with E-state index in [2.05, 4.69) is 12.1 Å². The van der Waals surface area contributed by atoms with Crippen LogP contribution in [0.1, 0.15) is 45.3 Å². The first-order valence-electron chi connectivity index (χ1n) is 14.2. The number of nitrogens with zero attached hydrogens (tertiary/aromatic N) is 2. The van der Waals surface area contributed by atoms with E-state index < -0.39 is 5.97 Å². The van der Waals surface area contributed by atoms with Gasteiger partial charge < -0.3 is 18.6 Å². The van der Waals surface area contributed by atoms with Gasteiger partial charge in [0.2, 0.25) is 0 Å². The minimum atomic E-state index is -0.538. The summed E-state index contributed by atoms with van der Waals surface area (Å²) in [5.41, 5.74) is 5.97. The molecule has 1 atom stereocenters. The van der Waals surface area contributed by atoms with Crippen molar-refractivity contribution in [1.82, 2.24) is 4.57 Å². The number of hydrogen-bond donors (Lipinski definition) is 0. The smallest absolute Gasteiger partial charge is 0.339 e. The molecular formula is C35H27ClN2O6S. The Hall–Kier alpha value is -4.86. The summed E-state index contributed by atoms with van der Waals surface area (Å²) < 4.78 is 24.3. The molecule has 0 spiro atoms. The van der Waals surface area contributed by atoms with Gasteiger partial charge in [-0.05, 0) is 72.0 Å². The first-order valence-corrected chi connectivity index (χ1v) is 15.4. The third kappa shape index (κ3) is 4.98. The van der Waals surface area contributed by atoms with Crippen molar-refractivity contribution in [2.75, 3.05) is 21.3 Å². The zero-order valence-electron chi connectivity index (χ0n) is 24.6. The van der Waals surface area contributed by atoms with Gasteiger partial charge in [-0.25, -0.2) is 9.79 Å². The standard InChI is InChI=1S/C35H27ClN2O6S/c1-41-28-14-10-21(17-29(28)42-2)32-24-12-8-19-6-4-5-7-23(19)31(24)37-35-38(32)33(39)30(45-35)18-22-11-15-27(44-22)20-9-13-26(36)25(16-20)34(40)43-3/h4-7,9-11,13-18,32H,8,12H2,1-3H3/b30-18+/t32-/m1/s1. The molecule has 0 fully saturated rings. The lowest BCUT2D eigenvalue weighted by molar-refractivity contribution is 0.0601. The third-order valence-electron chi connectivity index (χ3n) is 8.15. The second-order valence-corrected chi connectivity index (χ2v) is 12.0. The Labute approximate surface area is 267 Å². The van der Waals surface area contributed by atoms with Crippen molar-refractivity contribution in [3.63, 3.8) is 0 Å². The molecule has 1 aliphatic heterocycles. The molecule has 0 radical (unpaired) electrons. The van der Waals surface area contributed by atoms with Crippen molar-refractivity contribution in [2.45, 2.75) is 18.9 Å². The molecule has 0 saturated carbocycles. The molecule has 3 aromatic carbocycles. The predicted molar refractivity (Wildman–Crippen MR) is 173 cm³/mol. The summed E-state index contributed by atoms with van der Waals surface area (Å²) in [5.74, 6) is 1.68. The number of ether oxygens (including phenoxy) is 3. The normalized spacial score (nSPS) is 15.6. The average Bonchev–Trinajstić information content (AvgIpc) is 3.67. The number of halogens is 1. The SMILES string of the molecule is COC(=O)c1cc(-c2ccc(/C=c3/sc4n(c3=O)[C@H](c3ccc(OC)c(OC)c3)C3=C(N=4)c4ccccc4CC3)o2)ccc1Cl. The second-order valence-electron chi connectivity index (χ2n) is 10.6. The molecule has 0 unspecified atom stereocenters. The van der Waals surface area contributed by atoms with E-state index in [-0.39, 0.29) is 22.2 Å². The summed E-state index contributed by atoms with van der Waals surface area (Å²) in [6, 6.07) is 22.3. The first kappa shape index (κ1) is 28.9. The Morgan fingerprint density at radius 3 is 2.62 bits per heavy atom. The molecule has 2 aliphatic rings. The zero-order valence-corrected chi connectivity index (χ0v) is 26.2. The average molecular weight is 639 g/mol. The van der Waals surface area contributed by atoms with E-state index in [0.717, 1.165) is 35.2 Å². The van der Waals surface area contributed by atoms with Crippen LogP contribution in [0.15, 0.2) is 92.6 Å². The molecule has 45 heavy (non-hydrogen) atoms. The lowest BCUT2D eigenvalue weighted by atomic mass is 9.83. The van der Waals surface area contributed by atoms with Crippen molar-refractivity contribution >= 4 is 40.7 Å². The summed E-state index contributed by atoms with van der Waals surface area (Å²) in [5, 5.41) is 0.285. The number of carbonyl (C=O) groups is 1. The number of methoxy groups -OCH3 is 3. The molecule has 226 valence electrons. The van der Waals surface area contributed by atoms with E-state index in [0.29, 0.717) is 37.9 Å². The molecular weight excluding hydrogens is 612 g/mol. The second kappa shape index (κ2) is 11.6. The summed E-state index contributed by atoms with van der Waals surface area (Å²) >= 11 is 7.52. The Bertz CT molecular complexity index is 2210. The van der Waals surface area contributed by atoms with E-state index >= 15 is 0 Å². The molecule has 0 bridgehead atoms. The molecule has 3 heterocycles. The van der Waals surface area contributed by atoms with Gasteiger partial charge in [0.25, 0.3) is 5.56 Å². The highest BCUT2D eigenvalue weighted by Gasteiger charge is 2.33. The maximum atomic E-state index is 14.2. The Morgan fingerprint density at radius 2 is 1.82 bits per heavy atom. The minimum absolute atomic E-state index is 0.165. The summed E-state index contributed by atoms with van der Waals surface area (Å²) in [7, 11) is 4.51. The van der Waals surface area contributed by atoms with Gasteiger partial charge in [-0.1, -0.05) is 53.3 Å². The number of aromatic nitrogens is 1. The van der Waals surface area contributed by atoms with Gasteiger partial charge in [0, 0.05) is 17.2 Å². The van der Waals surface area contributed by atoms with E-state index in [1.165, 1.54) is 24.0 Å². The van der Waals surface area contributed by atoms with Crippen LogP contribution in [0.25, 0.3) is 23.1 Å². The number of hydrogen-bond acceptors (Lipinski definition) is 8. The van der Waals surface area contributed by atoms with Crippen molar-refractivity contribution in [2.24, 2.45) is 4.99 Å². The molecule has 0 amide bonds. The van der Waals surface area contributed by atoms with Crippen LogP contribution in [0.5, 0.6) is 11.5 Å². The van der Waals surface area contributed by atoms with E-state index in [9.17, 15) is 9.59 Å². The van der Waals surface area contributed by atoms with Gasteiger partial charge in [-0.15, -0.1) is 0 Å². The molecule has 2 aromatic heterocycles. The van der Waals surface area contributed by atoms with Crippen LogP contribution in [0.4, 0.5) is 0 Å². The highest BCUT2D eigenvalue weighted by Crippen LogP contribution is 2.42. The van der Waals surface area contributed by atoms with Crippen LogP contribution in [0.3, 0.4) is 0 Å². The molecule has 5 aromatic rings. The van der Waals surface area contributed by atoms with Crippen LogP contribution in [-0.4, -0.2) is 31.9 Å². The number of fused-ring (bicyclic) bond motifs is 3. The van der Waals surface area contributed by atoms with E-state index in [1.807, 2.05) is 30.3 Å². The number of benzene rings is 3. The Kier molecular flexibility index (Phi) is 7.43. The zero-order chi connectivity index (χ0) is 31.2. The van der Waals surface area contributed by atoms with Gasteiger partial charge in [0.05, 0.1) is 48.2 Å².